The number of hydrogen-bond donors (Lipinski definition) is 4. The van der Waals surface area contributed by atoms with Gasteiger partial charge in [-0.15, -0.1) is 0 Å². The number of halogens is 16. The Kier molecular flexibility index (Phi) is 19.1. The highest BCUT2D eigenvalue weighted by molar-refractivity contribution is 5.85. The van der Waals surface area contributed by atoms with Gasteiger partial charge in [-0.2, -0.15) is 65.9 Å². The number of benzene rings is 8. The fourth-order valence-electron chi connectivity index (χ4n) is 9.85. The Bertz CT molecular complexity index is 5050. The molecule has 0 spiro atoms. The zero-order chi connectivity index (χ0) is 70.3. The highest BCUT2D eigenvalue weighted by Crippen LogP contribution is 2.40. The second-order valence-electron chi connectivity index (χ2n) is 21.6. The molecule has 0 aliphatic heterocycles. The first-order valence-corrected chi connectivity index (χ1v) is 27.9. The minimum absolute atomic E-state index is 0.0217. The molecule has 12 aromatic rings. The Morgan fingerprint density at radius 1 is 0.323 bits per heavy atom. The normalized spacial score (nSPS) is 12.0. The summed E-state index contributed by atoms with van der Waals surface area (Å²) in [4.78, 5) is 75.3. The van der Waals surface area contributed by atoms with Gasteiger partial charge < -0.3 is 24.7 Å². The number of ether oxygens (including phenoxy) is 1. The monoisotopic (exact) mass is 1350 g/mol. The van der Waals surface area contributed by atoms with Crippen molar-refractivity contribution < 1.29 is 75.0 Å². The van der Waals surface area contributed by atoms with Crippen molar-refractivity contribution in [3.8, 4) is 51.3 Å². The van der Waals surface area contributed by atoms with E-state index in [0.717, 1.165) is 47.5 Å². The number of fused-ring (bicyclic) bond motifs is 4. The Labute approximate surface area is 529 Å². The molecule has 13 nitrogen and oxygen atoms in total. The van der Waals surface area contributed by atoms with Gasteiger partial charge in [-0.3, -0.25) is 19.2 Å². The van der Waals surface area contributed by atoms with Crippen LogP contribution in [0.5, 0.6) is 5.75 Å². The highest BCUT2D eigenvalue weighted by Gasteiger charge is 2.38. The SMILES string of the molecule is COc1cc(-c2nc3c(C)cccc3c(=O)[nH]2)cc(C(F)(F)F)c1.Cc1cc(-c2nc3c(C)cccc3c(=O)[nH]2)cc(C(F)(F)F)c1.Cc1cccc2c(=O)[nH]c(-c3cc(C(F)(F)F)cc(C(F)(F)F)c3)nc12.Cc1cccc2c(=O)[nH]c(-c3cc(F)cc(C(F)(F)F)c3)nc12. The molecule has 0 saturated carbocycles. The van der Waals surface area contributed by atoms with Gasteiger partial charge in [0.05, 0.1) is 78.5 Å². The zero-order valence-corrected chi connectivity index (χ0v) is 50.2. The zero-order valence-electron chi connectivity index (χ0n) is 50.2. The Hall–Kier alpha value is -11.0. The van der Waals surface area contributed by atoms with Crippen molar-refractivity contribution in [2.45, 2.75) is 65.5 Å². The lowest BCUT2D eigenvalue weighted by Gasteiger charge is -2.14. The summed E-state index contributed by atoms with van der Waals surface area (Å²) < 4.78 is 213. The first-order chi connectivity index (χ1) is 44.8. The van der Waals surface area contributed by atoms with Gasteiger partial charge in [0, 0.05) is 22.3 Å². The van der Waals surface area contributed by atoms with Crippen LogP contribution in [0.1, 0.15) is 55.6 Å². The molecule has 29 heteroatoms. The molecule has 0 radical (unpaired) electrons. The summed E-state index contributed by atoms with van der Waals surface area (Å²) in [5, 5.41) is 1.31. The van der Waals surface area contributed by atoms with E-state index >= 15 is 0 Å². The summed E-state index contributed by atoms with van der Waals surface area (Å²) in [5.41, 5.74) is -3.13. The molecule has 4 heterocycles. The van der Waals surface area contributed by atoms with Gasteiger partial charge in [-0.25, -0.2) is 24.3 Å². The van der Waals surface area contributed by atoms with Gasteiger partial charge in [-0.1, -0.05) is 48.5 Å². The molecule has 0 saturated heterocycles. The van der Waals surface area contributed by atoms with Crippen molar-refractivity contribution in [1.82, 2.24) is 39.9 Å². The molecule has 0 aliphatic rings. The predicted octanol–water partition coefficient (Wildman–Crippen LogP) is 17.1. The largest absolute Gasteiger partial charge is 0.497 e. The Morgan fingerprint density at radius 3 is 0.885 bits per heavy atom. The smallest absolute Gasteiger partial charge is 0.416 e. The number of nitrogens with one attached hydrogen (secondary N) is 4. The second kappa shape index (κ2) is 26.4. The van der Waals surface area contributed by atoms with E-state index < -0.39 is 86.8 Å². The summed E-state index contributed by atoms with van der Waals surface area (Å²) in [6, 6.07) is 29.9. The molecular formula is C67H46F16N8O5. The molecule has 4 aromatic heterocycles. The third kappa shape index (κ3) is 15.6. The molecule has 96 heavy (non-hydrogen) atoms. The summed E-state index contributed by atoms with van der Waals surface area (Å²) >= 11 is 0. The van der Waals surface area contributed by atoms with Gasteiger partial charge in [0.2, 0.25) is 0 Å². The summed E-state index contributed by atoms with van der Waals surface area (Å²) in [5.74, 6) is -1.30. The van der Waals surface area contributed by atoms with Gasteiger partial charge in [0.1, 0.15) is 34.9 Å². The van der Waals surface area contributed by atoms with E-state index in [1.54, 1.807) is 107 Å². The Balaban J connectivity index is 0.000000150. The molecule has 12 rings (SSSR count). The third-order valence-corrected chi connectivity index (χ3v) is 14.5. The average molecular weight is 1350 g/mol. The van der Waals surface area contributed by atoms with E-state index in [4.69, 9.17) is 4.74 Å². The number of para-hydroxylation sites is 4. The van der Waals surface area contributed by atoms with Crippen molar-refractivity contribution in [2.75, 3.05) is 7.11 Å². The van der Waals surface area contributed by atoms with E-state index in [0.29, 0.717) is 67.6 Å². The van der Waals surface area contributed by atoms with Gasteiger partial charge >= 0.3 is 30.9 Å². The van der Waals surface area contributed by atoms with E-state index in [9.17, 15) is 89.4 Å². The number of H-pyrrole nitrogens is 4. The van der Waals surface area contributed by atoms with Gasteiger partial charge in [0.15, 0.2) is 0 Å². The van der Waals surface area contributed by atoms with Crippen LogP contribution in [-0.2, 0) is 30.9 Å². The van der Waals surface area contributed by atoms with Crippen molar-refractivity contribution in [3.63, 3.8) is 0 Å². The molecule has 0 fully saturated rings. The maximum Gasteiger partial charge on any atom is 0.416 e. The number of aryl methyl sites for hydroxylation is 5. The summed E-state index contributed by atoms with van der Waals surface area (Å²) in [6.45, 7) is 8.52. The molecule has 496 valence electrons. The van der Waals surface area contributed by atoms with Crippen LogP contribution in [0, 0.1) is 40.4 Å². The lowest BCUT2D eigenvalue weighted by atomic mass is 10.0. The van der Waals surface area contributed by atoms with Crippen molar-refractivity contribution in [3.05, 3.63) is 248 Å². The van der Waals surface area contributed by atoms with Crippen LogP contribution >= 0.6 is 0 Å². The van der Waals surface area contributed by atoms with Crippen LogP contribution in [0.25, 0.3) is 89.2 Å². The molecule has 8 aromatic carbocycles. The first-order valence-electron chi connectivity index (χ1n) is 27.9. The summed E-state index contributed by atoms with van der Waals surface area (Å²) in [7, 11) is 1.28. The number of rotatable bonds is 5. The van der Waals surface area contributed by atoms with Crippen LogP contribution in [0.3, 0.4) is 0 Å². The maximum absolute atomic E-state index is 13.5. The molecular weight excluding hydrogens is 1300 g/mol. The lowest BCUT2D eigenvalue weighted by molar-refractivity contribution is -0.143. The van der Waals surface area contributed by atoms with Crippen molar-refractivity contribution >= 4 is 43.6 Å². The number of methoxy groups -OCH3 is 1. The second-order valence-corrected chi connectivity index (χ2v) is 21.6. The number of alkyl halides is 15. The number of nitrogens with zero attached hydrogens (tertiary/aromatic N) is 4. The Morgan fingerprint density at radius 2 is 0.583 bits per heavy atom. The molecule has 4 N–H and O–H groups in total. The molecule has 0 atom stereocenters. The van der Waals surface area contributed by atoms with Crippen LogP contribution in [0.15, 0.2) is 165 Å². The molecule has 0 bridgehead atoms. The first kappa shape index (κ1) is 69.3. The predicted molar refractivity (Wildman–Crippen MR) is 326 cm³/mol. The fourth-order valence-corrected chi connectivity index (χ4v) is 9.85. The third-order valence-electron chi connectivity index (χ3n) is 14.5. The molecule has 0 aliphatic carbocycles. The maximum atomic E-state index is 13.5. The summed E-state index contributed by atoms with van der Waals surface area (Å²) in [6.07, 6.45) is -23.6. The van der Waals surface area contributed by atoms with Crippen molar-refractivity contribution in [2.24, 2.45) is 0 Å². The minimum Gasteiger partial charge on any atom is -0.497 e. The molecule has 0 unspecified atom stereocenters. The van der Waals surface area contributed by atoms with Crippen molar-refractivity contribution in [1.29, 1.82) is 0 Å². The van der Waals surface area contributed by atoms with Gasteiger partial charge in [0.25, 0.3) is 22.2 Å². The highest BCUT2D eigenvalue weighted by atomic mass is 19.4. The van der Waals surface area contributed by atoms with Gasteiger partial charge in [-0.05, 0) is 159 Å². The standard InChI is InChI=1S/C17H10F6N2O.C17H13F3N2O2.C17H13F3N2O.C16H10F4N2O/c1-8-3-2-4-12-13(8)24-14(25-15(12)26)9-5-10(16(18,19)20)7-11(6-9)17(21,22)23;1-9-4-3-5-13-14(9)21-15(22-16(13)23)10-6-11(17(18,19)20)8-12(7-10)24-2;1-9-6-11(8-12(7-9)17(18,19)20)15-21-14-10(2)4-3-5-13(14)16(23)22-15;1-8-3-2-4-12-13(8)21-14(22-15(12)23)9-5-10(16(18,19)20)7-11(17)6-9/h2-7H,1H3,(H,24,25,26);3-8H,1-2H3,(H,21,22,23);3-8H,1-2H3,(H,21,22,23);2-7H,1H3,(H,21,22,23). The quantitative estimate of drug-likeness (QED) is 0.121. The van der Waals surface area contributed by atoms with Crippen LogP contribution in [0.4, 0.5) is 70.2 Å². The number of hydrogen-bond acceptors (Lipinski definition) is 9. The molecule has 0 amide bonds. The number of aromatic nitrogens is 8. The van der Waals surface area contributed by atoms with Crippen LogP contribution in [0.2, 0.25) is 0 Å². The van der Waals surface area contributed by atoms with E-state index in [1.165, 1.54) is 19.2 Å². The fraction of sp³-hybridized carbons (Fsp3) is 0.164. The van der Waals surface area contributed by atoms with Crippen LogP contribution < -0.4 is 27.0 Å². The number of aromatic amines is 4. The van der Waals surface area contributed by atoms with E-state index in [2.05, 4.69) is 39.9 Å². The average Bonchev–Trinajstić information content (AvgIpc) is 0.799. The van der Waals surface area contributed by atoms with E-state index in [-0.39, 0.29) is 68.3 Å². The topological polar surface area (TPSA) is 192 Å². The van der Waals surface area contributed by atoms with Crippen LogP contribution in [-0.4, -0.2) is 47.0 Å². The van der Waals surface area contributed by atoms with E-state index in [1.807, 2.05) is 0 Å². The minimum atomic E-state index is -4.98. The lowest BCUT2D eigenvalue weighted by Crippen LogP contribution is -2.13.